The Bertz CT molecular complexity index is 1040. The molecule has 2 amide bonds. The van der Waals surface area contributed by atoms with Crippen molar-refractivity contribution in [1.82, 2.24) is 4.90 Å². The molecule has 6 nitrogen and oxygen atoms in total. The van der Waals surface area contributed by atoms with Gasteiger partial charge in [0.15, 0.2) is 0 Å². The molecule has 148 valence electrons. The molecule has 3 heterocycles. The molecule has 4 rings (SSSR count). The molecule has 29 heavy (non-hydrogen) atoms. The summed E-state index contributed by atoms with van der Waals surface area (Å²) in [5.41, 5.74) is 8.28. The maximum Gasteiger partial charge on any atom is 0.251 e. The molecular formula is C22H21N3O3S. The molecule has 0 unspecified atom stereocenters. The Hall–Kier alpha value is -3.16. The SMILES string of the molecule is NC(=O)c1c(NC(=O)/C=C/c2ccco2)sc2c1CCN(Cc1ccccc1)C2. The highest BCUT2D eigenvalue weighted by Gasteiger charge is 2.27. The number of carbonyl (C=O) groups excluding carboxylic acids is 2. The molecule has 0 saturated carbocycles. The van der Waals surface area contributed by atoms with Crippen molar-refractivity contribution >= 4 is 34.2 Å². The lowest BCUT2D eigenvalue weighted by atomic mass is 10.0. The van der Waals surface area contributed by atoms with Crippen LogP contribution in [0, 0.1) is 0 Å². The summed E-state index contributed by atoms with van der Waals surface area (Å²) < 4.78 is 5.18. The molecule has 0 radical (unpaired) electrons. The molecule has 1 aliphatic rings. The van der Waals surface area contributed by atoms with Gasteiger partial charge < -0.3 is 15.5 Å². The summed E-state index contributed by atoms with van der Waals surface area (Å²) >= 11 is 1.42. The smallest absolute Gasteiger partial charge is 0.251 e. The Kier molecular flexibility index (Phi) is 5.59. The number of fused-ring (bicyclic) bond motifs is 1. The van der Waals surface area contributed by atoms with Crippen molar-refractivity contribution < 1.29 is 14.0 Å². The van der Waals surface area contributed by atoms with Crippen LogP contribution < -0.4 is 11.1 Å². The third-order valence-corrected chi connectivity index (χ3v) is 5.94. The maximum absolute atomic E-state index is 12.3. The molecule has 0 bridgehead atoms. The predicted molar refractivity (Wildman–Crippen MR) is 113 cm³/mol. The Morgan fingerprint density at radius 3 is 2.76 bits per heavy atom. The number of nitrogens with two attached hydrogens (primary N) is 1. The van der Waals surface area contributed by atoms with Gasteiger partial charge in [-0.15, -0.1) is 11.3 Å². The minimum atomic E-state index is -0.510. The number of primary amides is 1. The van der Waals surface area contributed by atoms with Crippen LogP contribution in [0.3, 0.4) is 0 Å². The Morgan fingerprint density at radius 1 is 1.21 bits per heavy atom. The van der Waals surface area contributed by atoms with E-state index in [9.17, 15) is 9.59 Å². The number of hydrogen-bond acceptors (Lipinski definition) is 5. The van der Waals surface area contributed by atoms with Crippen molar-refractivity contribution in [3.05, 3.63) is 82.1 Å². The summed E-state index contributed by atoms with van der Waals surface area (Å²) in [6.07, 6.45) is 5.23. The van der Waals surface area contributed by atoms with E-state index in [0.29, 0.717) is 16.3 Å². The number of furan rings is 1. The van der Waals surface area contributed by atoms with Crippen LogP contribution in [0.5, 0.6) is 0 Å². The lowest BCUT2D eigenvalue weighted by Crippen LogP contribution is -2.30. The Labute approximate surface area is 172 Å². The minimum Gasteiger partial charge on any atom is -0.465 e. The fourth-order valence-corrected chi connectivity index (χ4v) is 4.78. The highest BCUT2D eigenvalue weighted by atomic mass is 32.1. The molecule has 1 aliphatic heterocycles. The van der Waals surface area contributed by atoms with Gasteiger partial charge in [0.1, 0.15) is 10.8 Å². The van der Waals surface area contributed by atoms with E-state index in [-0.39, 0.29) is 5.91 Å². The van der Waals surface area contributed by atoms with E-state index in [0.717, 1.165) is 36.5 Å². The van der Waals surface area contributed by atoms with Gasteiger partial charge in [0.25, 0.3) is 5.91 Å². The van der Waals surface area contributed by atoms with E-state index in [1.807, 2.05) is 18.2 Å². The van der Waals surface area contributed by atoms with Gasteiger partial charge in [-0.25, -0.2) is 0 Å². The average Bonchev–Trinajstić information content (AvgIpc) is 3.34. The number of thiophene rings is 1. The Balaban J connectivity index is 1.51. The van der Waals surface area contributed by atoms with Crippen LogP contribution in [0.4, 0.5) is 5.00 Å². The average molecular weight is 407 g/mol. The van der Waals surface area contributed by atoms with E-state index in [2.05, 4.69) is 22.3 Å². The molecule has 0 atom stereocenters. The predicted octanol–water partition coefficient (Wildman–Crippen LogP) is 3.65. The van der Waals surface area contributed by atoms with Gasteiger partial charge in [0, 0.05) is 30.6 Å². The zero-order valence-electron chi connectivity index (χ0n) is 15.8. The summed E-state index contributed by atoms with van der Waals surface area (Å²) in [4.78, 5) is 27.8. The summed E-state index contributed by atoms with van der Waals surface area (Å²) in [5, 5.41) is 3.32. The van der Waals surface area contributed by atoms with Gasteiger partial charge in [-0.2, -0.15) is 0 Å². The van der Waals surface area contributed by atoms with Crippen LogP contribution >= 0.6 is 11.3 Å². The number of amides is 2. The number of anilines is 1. The van der Waals surface area contributed by atoms with Gasteiger partial charge >= 0.3 is 0 Å². The van der Waals surface area contributed by atoms with Crippen molar-refractivity contribution in [1.29, 1.82) is 0 Å². The maximum atomic E-state index is 12.3. The minimum absolute atomic E-state index is 0.330. The van der Waals surface area contributed by atoms with Gasteiger partial charge in [-0.1, -0.05) is 30.3 Å². The molecule has 1 aromatic carbocycles. The second kappa shape index (κ2) is 8.46. The molecule has 0 fully saturated rings. The van der Waals surface area contributed by atoms with Crippen molar-refractivity contribution in [2.75, 3.05) is 11.9 Å². The number of hydrogen-bond donors (Lipinski definition) is 2. The van der Waals surface area contributed by atoms with E-state index in [1.54, 1.807) is 18.2 Å². The topological polar surface area (TPSA) is 88.6 Å². The molecular weight excluding hydrogens is 386 g/mol. The third-order valence-electron chi connectivity index (χ3n) is 4.81. The number of nitrogens with one attached hydrogen (secondary N) is 1. The monoisotopic (exact) mass is 407 g/mol. The zero-order valence-corrected chi connectivity index (χ0v) is 16.6. The number of benzene rings is 1. The van der Waals surface area contributed by atoms with Crippen LogP contribution in [-0.2, 0) is 24.3 Å². The molecule has 0 spiro atoms. The molecule has 7 heteroatoms. The second-order valence-electron chi connectivity index (χ2n) is 6.86. The lowest BCUT2D eigenvalue weighted by molar-refractivity contribution is -0.111. The zero-order chi connectivity index (χ0) is 20.2. The van der Waals surface area contributed by atoms with E-state index in [4.69, 9.17) is 10.2 Å². The summed E-state index contributed by atoms with van der Waals surface area (Å²) in [6, 6.07) is 13.8. The summed E-state index contributed by atoms with van der Waals surface area (Å²) in [6.45, 7) is 2.41. The van der Waals surface area contributed by atoms with Crippen LogP contribution in [0.15, 0.2) is 59.2 Å². The van der Waals surface area contributed by atoms with Crippen molar-refractivity contribution in [2.45, 2.75) is 19.5 Å². The van der Waals surface area contributed by atoms with Crippen molar-refractivity contribution in [3.8, 4) is 0 Å². The van der Waals surface area contributed by atoms with Crippen LogP contribution in [0.2, 0.25) is 0 Å². The number of nitrogens with zero attached hydrogens (tertiary/aromatic N) is 1. The first-order chi connectivity index (χ1) is 14.1. The van der Waals surface area contributed by atoms with Crippen molar-refractivity contribution in [3.63, 3.8) is 0 Å². The summed E-state index contributed by atoms with van der Waals surface area (Å²) in [7, 11) is 0. The van der Waals surface area contributed by atoms with Gasteiger partial charge in [0.05, 0.1) is 11.8 Å². The van der Waals surface area contributed by atoms with E-state index in [1.165, 1.54) is 29.2 Å². The second-order valence-corrected chi connectivity index (χ2v) is 7.96. The Morgan fingerprint density at radius 2 is 2.03 bits per heavy atom. The third kappa shape index (κ3) is 4.47. The normalized spacial score (nSPS) is 14.1. The number of rotatable bonds is 6. The van der Waals surface area contributed by atoms with Gasteiger partial charge in [0.2, 0.25) is 5.91 Å². The fourth-order valence-electron chi connectivity index (χ4n) is 3.48. The van der Waals surface area contributed by atoms with Gasteiger partial charge in [-0.3, -0.25) is 14.5 Å². The molecule has 0 aliphatic carbocycles. The molecule has 3 N–H and O–H groups in total. The van der Waals surface area contributed by atoms with Crippen LogP contribution in [-0.4, -0.2) is 23.3 Å². The summed E-state index contributed by atoms with van der Waals surface area (Å²) in [5.74, 6) is -0.259. The van der Waals surface area contributed by atoms with Crippen LogP contribution in [0.25, 0.3) is 6.08 Å². The van der Waals surface area contributed by atoms with Gasteiger partial charge in [-0.05, 0) is 35.8 Å². The van der Waals surface area contributed by atoms with E-state index >= 15 is 0 Å². The quantitative estimate of drug-likeness (QED) is 0.611. The van der Waals surface area contributed by atoms with Crippen LogP contribution in [0.1, 0.15) is 32.1 Å². The van der Waals surface area contributed by atoms with E-state index < -0.39 is 5.91 Å². The standard InChI is InChI=1S/C22H21N3O3S/c23-21(27)20-17-10-11-25(13-15-5-2-1-3-6-15)14-18(17)29-22(20)24-19(26)9-8-16-7-4-12-28-16/h1-9,12H,10-11,13-14H2,(H2,23,27)(H,24,26)/b9-8+. The fraction of sp³-hybridized carbons (Fsp3) is 0.182. The first-order valence-electron chi connectivity index (χ1n) is 9.33. The number of carbonyl (C=O) groups is 2. The highest BCUT2D eigenvalue weighted by molar-refractivity contribution is 7.17. The molecule has 2 aromatic heterocycles. The molecule has 0 saturated heterocycles. The van der Waals surface area contributed by atoms with Crippen molar-refractivity contribution in [2.24, 2.45) is 5.73 Å². The first kappa shape index (κ1) is 19.2. The highest BCUT2D eigenvalue weighted by Crippen LogP contribution is 2.37. The molecule has 3 aromatic rings. The largest absolute Gasteiger partial charge is 0.465 e. The first-order valence-corrected chi connectivity index (χ1v) is 10.1. The lowest BCUT2D eigenvalue weighted by Gasteiger charge is -2.27.